The summed E-state index contributed by atoms with van der Waals surface area (Å²) < 4.78 is 43.5. The molecule has 2 heterocycles. The SMILES string of the molecule is O=C1Nc2cc(C(F)(F)F)ccc2OC1=C1CCNCC1. The van der Waals surface area contributed by atoms with E-state index in [0.29, 0.717) is 12.8 Å². The molecule has 7 heteroatoms. The summed E-state index contributed by atoms with van der Waals surface area (Å²) in [5.41, 5.74) is 0.119. The molecule has 0 aromatic heterocycles. The Kier molecular flexibility index (Phi) is 3.36. The third-order valence-corrected chi connectivity index (χ3v) is 3.50. The second-order valence-electron chi connectivity index (χ2n) is 4.95. The number of hydrogen-bond acceptors (Lipinski definition) is 3. The number of alkyl halides is 3. The lowest BCUT2D eigenvalue weighted by Crippen LogP contribution is -2.30. The lowest BCUT2D eigenvalue weighted by molar-refractivity contribution is -0.137. The average molecular weight is 298 g/mol. The number of fused-ring (bicyclic) bond motifs is 1. The summed E-state index contributed by atoms with van der Waals surface area (Å²) in [6, 6.07) is 3.07. The number of hydrogen-bond donors (Lipinski definition) is 2. The molecule has 1 saturated heterocycles. The summed E-state index contributed by atoms with van der Waals surface area (Å²) >= 11 is 0. The van der Waals surface area contributed by atoms with E-state index in [1.807, 2.05) is 0 Å². The molecular formula is C14H13F3N2O2. The normalized spacial score (nSPS) is 18.9. The van der Waals surface area contributed by atoms with Crippen molar-refractivity contribution in [2.45, 2.75) is 19.0 Å². The van der Waals surface area contributed by atoms with Gasteiger partial charge in [0.25, 0.3) is 5.91 Å². The second-order valence-corrected chi connectivity index (χ2v) is 4.95. The van der Waals surface area contributed by atoms with Crippen LogP contribution in [0.4, 0.5) is 18.9 Å². The molecule has 0 aliphatic carbocycles. The fraction of sp³-hybridized carbons (Fsp3) is 0.357. The number of piperidine rings is 1. The van der Waals surface area contributed by atoms with Crippen molar-refractivity contribution in [2.75, 3.05) is 18.4 Å². The smallest absolute Gasteiger partial charge is 0.416 e. The molecule has 3 rings (SSSR count). The predicted molar refractivity (Wildman–Crippen MR) is 69.8 cm³/mol. The highest BCUT2D eigenvalue weighted by atomic mass is 19.4. The van der Waals surface area contributed by atoms with Crippen molar-refractivity contribution < 1.29 is 22.7 Å². The second kappa shape index (κ2) is 5.07. The van der Waals surface area contributed by atoms with E-state index in [9.17, 15) is 18.0 Å². The lowest BCUT2D eigenvalue weighted by Gasteiger charge is -2.25. The Morgan fingerprint density at radius 1 is 1.14 bits per heavy atom. The maximum atomic E-state index is 12.7. The third kappa shape index (κ3) is 2.73. The Bertz CT molecular complexity index is 615. The number of halogens is 3. The van der Waals surface area contributed by atoms with Gasteiger partial charge in [0.05, 0.1) is 11.3 Å². The Morgan fingerprint density at radius 2 is 1.86 bits per heavy atom. The third-order valence-electron chi connectivity index (χ3n) is 3.50. The van der Waals surface area contributed by atoms with Gasteiger partial charge in [0.15, 0.2) is 11.5 Å². The van der Waals surface area contributed by atoms with E-state index >= 15 is 0 Å². The van der Waals surface area contributed by atoms with Crippen molar-refractivity contribution in [2.24, 2.45) is 0 Å². The van der Waals surface area contributed by atoms with Crippen LogP contribution in [0.5, 0.6) is 5.75 Å². The quantitative estimate of drug-likeness (QED) is 0.724. The van der Waals surface area contributed by atoms with Crippen LogP contribution in [0, 0.1) is 0 Å². The number of carbonyl (C=O) groups excluding carboxylic acids is 1. The maximum Gasteiger partial charge on any atom is 0.416 e. The molecule has 0 radical (unpaired) electrons. The van der Waals surface area contributed by atoms with Gasteiger partial charge in [-0.3, -0.25) is 4.79 Å². The standard InChI is InChI=1S/C14H13F3N2O2/c15-14(16,17)9-1-2-11-10(7-9)19-13(20)12(21-11)8-3-5-18-6-4-8/h1-2,7,18H,3-6H2,(H,19,20). The first kappa shape index (κ1) is 13.9. The van der Waals surface area contributed by atoms with Gasteiger partial charge in [0.2, 0.25) is 0 Å². The van der Waals surface area contributed by atoms with Gasteiger partial charge >= 0.3 is 6.18 Å². The van der Waals surface area contributed by atoms with Gasteiger partial charge in [0, 0.05) is 0 Å². The number of amides is 1. The Balaban J connectivity index is 1.94. The first-order valence-electron chi connectivity index (χ1n) is 6.58. The van der Waals surface area contributed by atoms with Crippen molar-refractivity contribution in [1.29, 1.82) is 0 Å². The molecule has 0 spiro atoms. The molecule has 0 bridgehead atoms. The molecule has 0 unspecified atom stereocenters. The summed E-state index contributed by atoms with van der Waals surface area (Å²) in [6.07, 6.45) is -3.06. The van der Waals surface area contributed by atoms with E-state index in [2.05, 4.69) is 10.6 Å². The fourth-order valence-corrected chi connectivity index (χ4v) is 2.42. The van der Waals surface area contributed by atoms with Crippen LogP contribution in [-0.4, -0.2) is 19.0 Å². The summed E-state index contributed by atoms with van der Waals surface area (Å²) in [4.78, 5) is 12.0. The molecule has 1 aromatic carbocycles. The maximum absolute atomic E-state index is 12.7. The fourth-order valence-electron chi connectivity index (χ4n) is 2.42. The number of benzene rings is 1. The number of carbonyl (C=O) groups is 1. The molecule has 2 aliphatic rings. The minimum absolute atomic E-state index is 0.0492. The minimum Gasteiger partial charge on any atom is -0.449 e. The zero-order valence-corrected chi connectivity index (χ0v) is 11.0. The van der Waals surface area contributed by atoms with Gasteiger partial charge in [-0.15, -0.1) is 0 Å². The van der Waals surface area contributed by atoms with Crippen LogP contribution in [0.1, 0.15) is 18.4 Å². The minimum atomic E-state index is -4.45. The van der Waals surface area contributed by atoms with Gasteiger partial charge < -0.3 is 15.4 Å². The highest BCUT2D eigenvalue weighted by molar-refractivity contribution is 6.06. The summed E-state index contributed by atoms with van der Waals surface area (Å²) in [7, 11) is 0. The van der Waals surface area contributed by atoms with Gasteiger partial charge in [0.1, 0.15) is 0 Å². The van der Waals surface area contributed by atoms with E-state index in [4.69, 9.17) is 4.74 Å². The molecule has 4 nitrogen and oxygen atoms in total. The van der Waals surface area contributed by atoms with Crippen LogP contribution in [0.3, 0.4) is 0 Å². The van der Waals surface area contributed by atoms with Crippen molar-refractivity contribution in [3.63, 3.8) is 0 Å². The lowest BCUT2D eigenvalue weighted by atomic mass is 10.0. The highest BCUT2D eigenvalue weighted by Crippen LogP contribution is 2.38. The van der Waals surface area contributed by atoms with E-state index in [0.717, 1.165) is 30.8 Å². The zero-order chi connectivity index (χ0) is 15.0. The van der Waals surface area contributed by atoms with Crippen LogP contribution in [0.25, 0.3) is 0 Å². The van der Waals surface area contributed by atoms with Crippen LogP contribution < -0.4 is 15.4 Å². The van der Waals surface area contributed by atoms with E-state index in [-0.39, 0.29) is 17.2 Å². The van der Waals surface area contributed by atoms with E-state index in [1.165, 1.54) is 6.07 Å². The molecule has 21 heavy (non-hydrogen) atoms. The number of anilines is 1. The summed E-state index contributed by atoms with van der Waals surface area (Å²) in [5.74, 6) is -0.0360. The van der Waals surface area contributed by atoms with Crippen LogP contribution in [0.15, 0.2) is 29.5 Å². The molecular weight excluding hydrogens is 285 g/mol. The van der Waals surface area contributed by atoms with Crippen LogP contribution >= 0.6 is 0 Å². The Morgan fingerprint density at radius 3 is 2.52 bits per heavy atom. The Labute approximate surface area is 119 Å². The highest BCUT2D eigenvalue weighted by Gasteiger charge is 2.33. The molecule has 1 amide bonds. The Hall–Kier alpha value is -2.02. The number of nitrogens with one attached hydrogen (secondary N) is 2. The van der Waals surface area contributed by atoms with Gasteiger partial charge in [-0.05, 0) is 49.7 Å². The predicted octanol–water partition coefficient (Wildman–Crippen LogP) is 2.67. The van der Waals surface area contributed by atoms with E-state index < -0.39 is 17.6 Å². The topological polar surface area (TPSA) is 50.4 Å². The zero-order valence-electron chi connectivity index (χ0n) is 11.0. The number of ether oxygens (including phenoxy) is 1. The van der Waals surface area contributed by atoms with Crippen LogP contribution in [0.2, 0.25) is 0 Å². The number of rotatable bonds is 0. The van der Waals surface area contributed by atoms with Crippen molar-refractivity contribution in [3.05, 3.63) is 35.1 Å². The van der Waals surface area contributed by atoms with Crippen molar-refractivity contribution in [3.8, 4) is 5.75 Å². The first-order valence-corrected chi connectivity index (χ1v) is 6.58. The first-order chi connectivity index (χ1) is 9.95. The molecule has 1 aromatic rings. The molecule has 0 atom stereocenters. The van der Waals surface area contributed by atoms with Crippen molar-refractivity contribution in [1.82, 2.24) is 5.32 Å². The molecule has 2 aliphatic heterocycles. The molecule has 1 fully saturated rings. The summed E-state index contributed by atoms with van der Waals surface area (Å²) in [5, 5.41) is 5.64. The van der Waals surface area contributed by atoms with Gasteiger partial charge in [-0.25, -0.2) is 0 Å². The average Bonchev–Trinajstić information content (AvgIpc) is 2.46. The van der Waals surface area contributed by atoms with Crippen molar-refractivity contribution >= 4 is 11.6 Å². The summed E-state index contributed by atoms with van der Waals surface area (Å²) in [6.45, 7) is 1.52. The van der Waals surface area contributed by atoms with Gasteiger partial charge in [-0.1, -0.05) is 0 Å². The monoisotopic (exact) mass is 298 g/mol. The largest absolute Gasteiger partial charge is 0.449 e. The van der Waals surface area contributed by atoms with Gasteiger partial charge in [-0.2, -0.15) is 13.2 Å². The van der Waals surface area contributed by atoms with Crippen LogP contribution in [-0.2, 0) is 11.0 Å². The van der Waals surface area contributed by atoms with E-state index in [1.54, 1.807) is 0 Å². The molecule has 0 saturated carbocycles. The molecule has 112 valence electrons. The molecule has 2 N–H and O–H groups in total.